The van der Waals surface area contributed by atoms with E-state index in [4.69, 9.17) is 5.73 Å². The van der Waals surface area contributed by atoms with Crippen LogP contribution in [0.5, 0.6) is 0 Å². The van der Waals surface area contributed by atoms with Gasteiger partial charge in [-0.1, -0.05) is 13.8 Å². The highest BCUT2D eigenvalue weighted by atomic mass is 15.3. The van der Waals surface area contributed by atoms with Crippen molar-refractivity contribution in [1.82, 2.24) is 15.0 Å². The number of anilines is 3. The third-order valence-corrected chi connectivity index (χ3v) is 3.52. The molecule has 2 heterocycles. The van der Waals surface area contributed by atoms with Crippen molar-refractivity contribution in [3.8, 4) is 0 Å². The molecule has 112 valence electrons. The molecule has 2 rings (SSSR count). The van der Waals surface area contributed by atoms with Crippen LogP contribution in [0.1, 0.15) is 46.0 Å². The number of nitrogens with zero attached hydrogens (tertiary/aromatic N) is 4. The smallest absolute Gasteiger partial charge is 0.231 e. The zero-order valence-corrected chi connectivity index (χ0v) is 12.6. The molecule has 6 heteroatoms. The summed E-state index contributed by atoms with van der Waals surface area (Å²) in [6.07, 6.45) is 6.00. The van der Waals surface area contributed by atoms with Crippen molar-refractivity contribution in [2.24, 2.45) is 5.92 Å². The molecule has 0 bridgehead atoms. The maximum Gasteiger partial charge on any atom is 0.231 e. The van der Waals surface area contributed by atoms with E-state index in [1.54, 1.807) is 0 Å². The highest BCUT2D eigenvalue weighted by Crippen LogP contribution is 2.17. The first-order valence-corrected chi connectivity index (χ1v) is 7.65. The van der Waals surface area contributed by atoms with Crippen molar-refractivity contribution >= 4 is 17.8 Å². The molecule has 0 saturated carbocycles. The van der Waals surface area contributed by atoms with Gasteiger partial charge in [-0.2, -0.15) is 15.0 Å². The van der Waals surface area contributed by atoms with Gasteiger partial charge in [-0.3, -0.25) is 0 Å². The topological polar surface area (TPSA) is 80.0 Å². The third-order valence-electron chi connectivity index (χ3n) is 3.52. The van der Waals surface area contributed by atoms with Crippen LogP contribution in [0, 0.1) is 5.92 Å². The summed E-state index contributed by atoms with van der Waals surface area (Å²) in [4.78, 5) is 15.1. The summed E-state index contributed by atoms with van der Waals surface area (Å²) in [6, 6.07) is 0. The van der Waals surface area contributed by atoms with Crippen molar-refractivity contribution in [3.05, 3.63) is 0 Å². The van der Waals surface area contributed by atoms with Gasteiger partial charge in [0.05, 0.1) is 0 Å². The summed E-state index contributed by atoms with van der Waals surface area (Å²) in [7, 11) is 0. The standard InChI is InChI=1S/C14H26N6/c1-11(2)7-6-8-16-13-17-12(15)18-14(19-13)20-9-4-3-5-10-20/h11H,3-10H2,1-2H3,(H3,15,16,17,18,19). The minimum absolute atomic E-state index is 0.298. The normalized spacial score (nSPS) is 15.7. The molecule has 6 nitrogen and oxygen atoms in total. The molecule has 3 N–H and O–H groups in total. The lowest BCUT2D eigenvalue weighted by molar-refractivity contribution is 0.564. The van der Waals surface area contributed by atoms with Gasteiger partial charge in [-0.05, 0) is 38.0 Å². The van der Waals surface area contributed by atoms with Gasteiger partial charge in [-0.15, -0.1) is 0 Å². The maximum atomic E-state index is 5.79. The lowest BCUT2D eigenvalue weighted by Gasteiger charge is -2.26. The molecule has 0 amide bonds. The van der Waals surface area contributed by atoms with Crippen LogP contribution in [0.2, 0.25) is 0 Å². The lowest BCUT2D eigenvalue weighted by Crippen LogP contribution is -2.31. The van der Waals surface area contributed by atoms with Crippen LogP contribution < -0.4 is 16.0 Å². The maximum absolute atomic E-state index is 5.79. The zero-order chi connectivity index (χ0) is 14.4. The van der Waals surface area contributed by atoms with Gasteiger partial charge in [0.25, 0.3) is 0 Å². The molecule has 0 aliphatic carbocycles. The van der Waals surface area contributed by atoms with Gasteiger partial charge < -0.3 is 16.0 Å². The van der Waals surface area contributed by atoms with E-state index in [1.165, 1.54) is 25.7 Å². The average molecular weight is 278 g/mol. The van der Waals surface area contributed by atoms with Gasteiger partial charge in [0.1, 0.15) is 0 Å². The number of nitrogens with two attached hydrogens (primary N) is 1. The van der Waals surface area contributed by atoms with Crippen molar-refractivity contribution in [3.63, 3.8) is 0 Å². The Bertz CT molecular complexity index is 414. The summed E-state index contributed by atoms with van der Waals surface area (Å²) in [5, 5.41) is 3.25. The fourth-order valence-electron chi connectivity index (χ4n) is 2.41. The third kappa shape index (κ3) is 4.51. The predicted octanol–water partition coefficient (Wildman–Crippen LogP) is 2.29. The molecule has 0 unspecified atom stereocenters. The zero-order valence-electron chi connectivity index (χ0n) is 12.6. The van der Waals surface area contributed by atoms with Crippen molar-refractivity contribution in [2.75, 3.05) is 35.6 Å². The van der Waals surface area contributed by atoms with Crippen LogP contribution in [0.25, 0.3) is 0 Å². The highest BCUT2D eigenvalue weighted by Gasteiger charge is 2.15. The van der Waals surface area contributed by atoms with Gasteiger partial charge in [0.15, 0.2) is 0 Å². The van der Waals surface area contributed by atoms with E-state index in [-0.39, 0.29) is 0 Å². The van der Waals surface area contributed by atoms with Crippen LogP contribution in [0.3, 0.4) is 0 Å². The summed E-state index contributed by atoms with van der Waals surface area (Å²) < 4.78 is 0. The summed E-state index contributed by atoms with van der Waals surface area (Å²) >= 11 is 0. The molecule has 0 radical (unpaired) electrons. The van der Waals surface area contributed by atoms with Gasteiger partial charge in [0, 0.05) is 19.6 Å². The first-order valence-electron chi connectivity index (χ1n) is 7.65. The predicted molar refractivity (Wildman–Crippen MR) is 82.9 cm³/mol. The molecular formula is C14H26N6. The minimum Gasteiger partial charge on any atom is -0.368 e. The number of rotatable bonds is 6. The molecule has 1 aliphatic heterocycles. The monoisotopic (exact) mass is 278 g/mol. The second kappa shape index (κ2) is 7.26. The Morgan fingerprint density at radius 3 is 2.60 bits per heavy atom. The highest BCUT2D eigenvalue weighted by molar-refractivity contribution is 5.42. The second-order valence-electron chi connectivity index (χ2n) is 5.83. The first kappa shape index (κ1) is 14.8. The molecule has 1 aromatic heterocycles. The molecule has 1 fully saturated rings. The van der Waals surface area contributed by atoms with Crippen molar-refractivity contribution in [2.45, 2.75) is 46.0 Å². The first-order chi connectivity index (χ1) is 9.65. The van der Waals surface area contributed by atoms with Crippen molar-refractivity contribution in [1.29, 1.82) is 0 Å². The van der Waals surface area contributed by atoms with Crippen molar-refractivity contribution < 1.29 is 0 Å². The van der Waals surface area contributed by atoms with Crippen LogP contribution >= 0.6 is 0 Å². The second-order valence-corrected chi connectivity index (χ2v) is 5.83. The summed E-state index contributed by atoms with van der Waals surface area (Å²) in [5.74, 6) is 2.33. The molecule has 20 heavy (non-hydrogen) atoms. The Hall–Kier alpha value is -1.59. The molecule has 1 aromatic rings. The van der Waals surface area contributed by atoms with Gasteiger partial charge >= 0.3 is 0 Å². The Morgan fingerprint density at radius 1 is 1.15 bits per heavy atom. The van der Waals surface area contributed by atoms with E-state index >= 15 is 0 Å². The average Bonchev–Trinajstić information content (AvgIpc) is 2.44. The van der Waals surface area contributed by atoms with E-state index in [9.17, 15) is 0 Å². The molecular weight excluding hydrogens is 252 g/mol. The van der Waals surface area contributed by atoms with E-state index < -0.39 is 0 Å². The Labute approximate surface area is 121 Å². The van der Waals surface area contributed by atoms with Crippen LogP contribution in [0.4, 0.5) is 17.8 Å². The minimum atomic E-state index is 0.298. The largest absolute Gasteiger partial charge is 0.368 e. The number of nitrogen functional groups attached to an aromatic ring is 1. The molecule has 0 aromatic carbocycles. The Kier molecular flexibility index (Phi) is 5.38. The lowest BCUT2D eigenvalue weighted by atomic mass is 10.1. The van der Waals surface area contributed by atoms with Crippen LogP contribution in [-0.4, -0.2) is 34.6 Å². The van der Waals surface area contributed by atoms with Gasteiger partial charge in [-0.25, -0.2) is 0 Å². The van der Waals surface area contributed by atoms with E-state index in [0.717, 1.165) is 32.0 Å². The van der Waals surface area contributed by atoms with E-state index in [1.807, 2.05) is 0 Å². The summed E-state index contributed by atoms with van der Waals surface area (Å²) in [6.45, 7) is 7.36. The van der Waals surface area contributed by atoms with Crippen LogP contribution in [0.15, 0.2) is 0 Å². The fourth-order valence-corrected chi connectivity index (χ4v) is 2.41. The SMILES string of the molecule is CC(C)CCCNc1nc(N)nc(N2CCCCC2)n1. The molecule has 1 saturated heterocycles. The molecule has 0 atom stereocenters. The molecule has 0 spiro atoms. The Balaban J connectivity index is 1.93. The number of hydrogen-bond acceptors (Lipinski definition) is 6. The number of aromatic nitrogens is 3. The quantitative estimate of drug-likeness (QED) is 0.777. The number of piperidine rings is 1. The van der Waals surface area contributed by atoms with Gasteiger partial charge in [0.2, 0.25) is 17.8 Å². The summed E-state index contributed by atoms with van der Waals surface area (Å²) in [5.41, 5.74) is 5.79. The number of hydrogen-bond donors (Lipinski definition) is 2. The Morgan fingerprint density at radius 2 is 1.90 bits per heavy atom. The molecule has 1 aliphatic rings. The van der Waals surface area contributed by atoms with E-state index in [0.29, 0.717) is 17.8 Å². The number of nitrogens with one attached hydrogen (secondary N) is 1. The fraction of sp³-hybridized carbons (Fsp3) is 0.786. The van der Waals surface area contributed by atoms with E-state index in [2.05, 4.69) is 39.0 Å². The van der Waals surface area contributed by atoms with Crippen LogP contribution in [-0.2, 0) is 0 Å².